The van der Waals surface area contributed by atoms with E-state index in [2.05, 4.69) is 97.1 Å². The molecule has 7 aromatic carbocycles. The summed E-state index contributed by atoms with van der Waals surface area (Å²) in [5.74, 6) is 1.85. The van der Waals surface area contributed by atoms with E-state index in [0.717, 1.165) is 49.8 Å². The Balaban J connectivity index is 1.16. The van der Waals surface area contributed by atoms with Gasteiger partial charge in [0.05, 0.1) is 0 Å². The molecular weight excluding hydrogens is 574 g/mol. The van der Waals surface area contributed by atoms with Gasteiger partial charge >= 0.3 is 0 Å². The summed E-state index contributed by atoms with van der Waals surface area (Å²) < 4.78 is 6.20. The van der Waals surface area contributed by atoms with Crippen molar-refractivity contribution in [2.75, 3.05) is 0 Å². The highest BCUT2D eigenvalue weighted by Crippen LogP contribution is 2.37. The Hall–Kier alpha value is -6.39. The highest BCUT2D eigenvalue weighted by atomic mass is 16.3. The summed E-state index contributed by atoms with van der Waals surface area (Å²) in [6.45, 7) is 0. The van der Waals surface area contributed by atoms with Crippen molar-refractivity contribution in [1.29, 1.82) is 0 Å². The average Bonchev–Trinajstić information content (AvgIpc) is 3.54. The first-order chi connectivity index (χ1) is 23.3. The average molecular weight is 602 g/mol. The second-order valence-corrected chi connectivity index (χ2v) is 11.7. The molecule has 4 nitrogen and oxygen atoms in total. The van der Waals surface area contributed by atoms with Gasteiger partial charge in [0, 0.05) is 27.5 Å². The Morgan fingerprint density at radius 2 is 0.872 bits per heavy atom. The number of hydrogen-bond acceptors (Lipinski definition) is 4. The predicted molar refractivity (Wildman–Crippen MR) is 192 cm³/mol. The number of para-hydroxylation sites is 1. The minimum absolute atomic E-state index is 0.608. The Bertz CT molecular complexity index is 2570. The van der Waals surface area contributed by atoms with Crippen molar-refractivity contribution in [2.45, 2.75) is 0 Å². The fraction of sp³-hybridized carbons (Fsp3) is 0. The first kappa shape index (κ1) is 27.0. The topological polar surface area (TPSA) is 51.8 Å². The molecule has 9 rings (SSSR count). The van der Waals surface area contributed by atoms with E-state index >= 15 is 0 Å². The van der Waals surface area contributed by atoms with Crippen molar-refractivity contribution >= 4 is 32.7 Å². The van der Waals surface area contributed by atoms with Gasteiger partial charge in [0.2, 0.25) is 0 Å². The van der Waals surface area contributed by atoms with E-state index in [1.165, 1.54) is 21.9 Å². The normalized spacial score (nSPS) is 11.4. The zero-order chi connectivity index (χ0) is 31.2. The molecule has 4 heteroatoms. The summed E-state index contributed by atoms with van der Waals surface area (Å²) in [4.78, 5) is 15.1. The lowest BCUT2D eigenvalue weighted by molar-refractivity contribution is 0.669. The molecule has 0 aliphatic heterocycles. The van der Waals surface area contributed by atoms with Crippen LogP contribution >= 0.6 is 0 Å². The molecule has 0 radical (unpaired) electrons. The zero-order valence-corrected chi connectivity index (χ0v) is 25.3. The van der Waals surface area contributed by atoms with Crippen molar-refractivity contribution in [2.24, 2.45) is 0 Å². The van der Waals surface area contributed by atoms with Crippen LogP contribution in [0.25, 0.3) is 89.1 Å². The fourth-order valence-corrected chi connectivity index (χ4v) is 6.38. The summed E-state index contributed by atoms with van der Waals surface area (Å²) in [5, 5.41) is 4.44. The van der Waals surface area contributed by atoms with E-state index in [9.17, 15) is 0 Å². The van der Waals surface area contributed by atoms with E-state index in [4.69, 9.17) is 19.4 Å². The Labute approximate surface area is 271 Å². The van der Waals surface area contributed by atoms with Gasteiger partial charge < -0.3 is 4.42 Å². The number of fused-ring (bicyclic) bond motifs is 4. The predicted octanol–water partition coefficient (Wildman–Crippen LogP) is 11.3. The summed E-state index contributed by atoms with van der Waals surface area (Å²) >= 11 is 0. The number of rotatable bonds is 5. The van der Waals surface area contributed by atoms with Crippen LogP contribution in [-0.2, 0) is 0 Å². The molecule has 0 aliphatic rings. The second kappa shape index (κ2) is 11.2. The van der Waals surface area contributed by atoms with Gasteiger partial charge in [-0.3, -0.25) is 0 Å². The largest absolute Gasteiger partial charge is 0.456 e. The van der Waals surface area contributed by atoms with E-state index < -0.39 is 0 Å². The van der Waals surface area contributed by atoms with Crippen molar-refractivity contribution < 1.29 is 4.42 Å². The molecule has 0 spiro atoms. The summed E-state index contributed by atoms with van der Waals surface area (Å²) in [5.41, 5.74) is 9.08. The molecule has 0 fully saturated rings. The maximum atomic E-state index is 6.20. The Morgan fingerprint density at radius 1 is 0.340 bits per heavy atom. The molecule has 2 heterocycles. The second-order valence-electron chi connectivity index (χ2n) is 11.7. The third-order valence-corrected chi connectivity index (χ3v) is 8.71. The molecule has 220 valence electrons. The summed E-state index contributed by atoms with van der Waals surface area (Å²) in [6, 6.07) is 56.5. The van der Waals surface area contributed by atoms with Crippen molar-refractivity contribution in [1.82, 2.24) is 15.0 Å². The molecular formula is C43H27N3O. The highest BCUT2D eigenvalue weighted by Gasteiger charge is 2.18. The van der Waals surface area contributed by atoms with Crippen LogP contribution in [0.3, 0.4) is 0 Å². The minimum atomic E-state index is 0.608. The van der Waals surface area contributed by atoms with Gasteiger partial charge in [-0.1, -0.05) is 133 Å². The molecule has 47 heavy (non-hydrogen) atoms. The molecule has 0 saturated carbocycles. The standard InChI is InChI=1S/C43H27N3O/c1-3-11-28(12-4-1)31-21-22-34-26-32(23-24-33(34)25-31)30-15-9-16-35(27-30)42-44-41(29-13-5-2-6-14-29)45-43(46-42)37-18-10-20-39-40(37)36-17-7-8-19-38(36)47-39/h1-27H. The fourth-order valence-electron chi connectivity index (χ4n) is 6.38. The van der Waals surface area contributed by atoms with Gasteiger partial charge in [0.1, 0.15) is 11.2 Å². The molecule has 0 unspecified atom stereocenters. The molecule has 9 aromatic rings. The van der Waals surface area contributed by atoms with Crippen LogP contribution in [0.1, 0.15) is 0 Å². The molecule has 2 aromatic heterocycles. The molecule has 0 saturated heterocycles. The van der Waals surface area contributed by atoms with Gasteiger partial charge in [-0.2, -0.15) is 0 Å². The molecule has 0 atom stereocenters. The van der Waals surface area contributed by atoms with Crippen LogP contribution in [0.15, 0.2) is 168 Å². The van der Waals surface area contributed by atoms with E-state index in [-0.39, 0.29) is 0 Å². The van der Waals surface area contributed by atoms with Crippen LogP contribution in [0.2, 0.25) is 0 Å². The van der Waals surface area contributed by atoms with Gasteiger partial charge in [-0.05, 0) is 63.4 Å². The zero-order valence-electron chi connectivity index (χ0n) is 25.3. The highest BCUT2D eigenvalue weighted by molar-refractivity contribution is 6.11. The van der Waals surface area contributed by atoms with E-state index in [1.54, 1.807) is 0 Å². The number of aromatic nitrogens is 3. The molecule has 0 amide bonds. The van der Waals surface area contributed by atoms with Gasteiger partial charge in [0.25, 0.3) is 0 Å². The van der Waals surface area contributed by atoms with Gasteiger partial charge in [0.15, 0.2) is 17.5 Å². The van der Waals surface area contributed by atoms with Crippen LogP contribution in [-0.4, -0.2) is 15.0 Å². The lowest BCUT2D eigenvalue weighted by atomic mass is 9.97. The van der Waals surface area contributed by atoms with Gasteiger partial charge in [-0.25, -0.2) is 15.0 Å². The van der Waals surface area contributed by atoms with Crippen molar-refractivity contribution in [3.63, 3.8) is 0 Å². The van der Waals surface area contributed by atoms with Crippen LogP contribution in [0.4, 0.5) is 0 Å². The third kappa shape index (κ3) is 4.93. The third-order valence-electron chi connectivity index (χ3n) is 8.71. The molecule has 0 N–H and O–H groups in total. The maximum Gasteiger partial charge on any atom is 0.164 e. The first-order valence-electron chi connectivity index (χ1n) is 15.7. The van der Waals surface area contributed by atoms with E-state index in [0.29, 0.717) is 17.5 Å². The van der Waals surface area contributed by atoms with Crippen LogP contribution in [0, 0.1) is 0 Å². The van der Waals surface area contributed by atoms with Gasteiger partial charge in [-0.15, -0.1) is 0 Å². The smallest absolute Gasteiger partial charge is 0.164 e. The summed E-state index contributed by atoms with van der Waals surface area (Å²) in [6.07, 6.45) is 0. The minimum Gasteiger partial charge on any atom is -0.456 e. The van der Waals surface area contributed by atoms with E-state index in [1.807, 2.05) is 66.7 Å². The quantitative estimate of drug-likeness (QED) is 0.197. The SMILES string of the molecule is c1ccc(-c2ccc3cc(-c4cccc(-c5nc(-c6ccccc6)nc(-c6cccc7oc8ccccc8c67)n5)c4)ccc3c2)cc1. The number of hydrogen-bond donors (Lipinski definition) is 0. The van der Waals surface area contributed by atoms with Crippen LogP contribution in [0.5, 0.6) is 0 Å². The molecule has 0 bridgehead atoms. The van der Waals surface area contributed by atoms with Crippen LogP contribution < -0.4 is 0 Å². The Morgan fingerprint density at radius 3 is 1.64 bits per heavy atom. The lowest BCUT2D eigenvalue weighted by Crippen LogP contribution is -2.00. The maximum absolute atomic E-state index is 6.20. The van der Waals surface area contributed by atoms with Crippen molar-refractivity contribution in [3.8, 4) is 56.4 Å². The Kier molecular flexibility index (Phi) is 6.43. The molecule has 0 aliphatic carbocycles. The summed E-state index contributed by atoms with van der Waals surface area (Å²) in [7, 11) is 0. The number of benzene rings is 7. The van der Waals surface area contributed by atoms with Crippen molar-refractivity contribution in [3.05, 3.63) is 164 Å². The number of furan rings is 1. The number of nitrogens with zero attached hydrogens (tertiary/aromatic N) is 3. The monoisotopic (exact) mass is 601 g/mol. The first-order valence-corrected chi connectivity index (χ1v) is 15.7. The lowest BCUT2D eigenvalue weighted by Gasteiger charge is -2.11.